The fraction of sp³-hybridized carbons (Fsp3) is 0.375. The van der Waals surface area contributed by atoms with Crippen molar-refractivity contribution < 1.29 is 0 Å². The number of pyridine rings is 1. The molecule has 0 aliphatic rings. The SMILES string of the molecule is CC.Cc1cnccc1Br. The molecule has 10 heavy (non-hydrogen) atoms. The monoisotopic (exact) mass is 201 g/mol. The van der Waals surface area contributed by atoms with Crippen LogP contribution < -0.4 is 0 Å². The Morgan fingerprint density at radius 2 is 2.00 bits per heavy atom. The molecule has 0 atom stereocenters. The molecule has 56 valence electrons. The van der Waals surface area contributed by atoms with E-state index >= 15 is 0 Å². The van der Waals surface area contributed by atoms with Crippen molar-refractivity contribution in [3.8, 4) is 0 Å². The van der Waals surface area contributed by atoms with Crippen LogP contribution in [0, 0.1) is 6.92 Å². The van der Waals surface area contributed by atoms with Crippen molar-refractivity contribution in [2.45, 2.75) is 20.8 Å². The molecule has 0 fully saturated rings. The molecule has 1 aromatic heterocycles. The predicted octanol–water partition coefficient (Wildman–Crippen LogP) is 3.18. The third-order valence-electron chi connectivity index (χ3n) is 0.952. The van der Waals surface area contributed by atoms with Crippen LogP contribution in [0.15, 0.2) is 22.9 Å². The first-order valence-electron chi connectivity index (χ1n) is 3.37. The van der Waals surface area contributed by atoms with E-state index in [1.807, 2.05) is 33.0 Å². The molecule has 0 amide bonds. The van der Waals surface area contributed by atoms with Gasteiger partial charge >= 0.3 is 0 Å². The molecule has 0 bridgehead atoms. The second kappa shape index (κ2) is 5.42. The fourth-order valence-corrected chi connectivity index (χ4v) is 0.677. The molecule has 0 aliphatic carbocycles. The van der Waals surface area contributed by atoms with Gasteiger partial charge in [-0.15, -0.1) is 0 Å². The zero-order valence-corrected chi connectivity index (χ0v) is 8.14. The molecule has 1 aromatic rings. The number of aromatic nitrogens is 1. The first kappa shape index (κ1) is 9.63. The Kier molecular flexibility index (Phi) is 5.22. The molecule has 1 rings (SSSR count). The maximum absolute atomic E-state index is 3.92. The molecule has 2 heteroatoms. The zero-order valence-electron chi connectivity index (χ0n) is 6.56. The van der Waals surface area contributed by atoms with Gasteiger partial charge in [-0.05, 0) is 18.6 Å². The summed E-state index contributed by atoms with van der Waals surface area (Å²) in [6.45, 7) is 6.01. The number of hydrogen-bond donors (Lipinski definition) is 0. The molecule has 0 spiro atoms. The Morgan fingerprint density at radius 3 is 2.30 bits per heavy atom. The van der Waals surface area contributed by atoms with E-state index in [4.69, 9.17) is 0 Å². The van der Waals surface area contributed by atoms with Gasteiger partial charge in [0.05, 0.1) is 0 Å². The van der Waals surface area contributed by atoms with Gasteiger partial charge < -0.3 is 0 Å². The van der Waals surface area contributed by atoms with Crippen molar-refractivity contribution in [1.82, 2.24) is 4.98 Å². The third kappa shape index (κ3) is 2.97. The van der Waals surface area contributed by atoms with Crippen LogP contribution >= 0.6 is 15.9 Å². The molecule has 0 saturated carbocycles. The molecule has 0 aromatic carbocycles. The number of rotatable bonds is 0. The Labute approximate surface area is 70.6 Å². The quantitative estimate of drug-likeness (QED) is 0.629. The van der Waals surface area contributed by atoms with Gasteiger partial charge in [-0.1, -0.05) is 29.8 Å². The molecule has 0 N–H and O–H groups in total. The van der Waals surface area contributed by atoms with Crippen LogP contribution in [0.2, 0.25) is 0 Å². The minimum atomic E-state index is 1.12. The Bertz CT molecular complexity index is 165. The van der Waals surface area contributed by atoms with Gasteiger partial charge in [-0.3, -0.25) is 4.98 Å². The second-order valence-electron chi connectivity index (χ2n) is 1.62. The molecular weight excluding hydrogens is 190 g/mol. The molecular formula is C8H12BrN. The van der Waals surface area contributed by atoms with Gasteiger partial charge in [0.15, 0.2) is 0 Å². The normalized spacial score (nSPS) is 8.00. The summed E-state index contributed by atoms with van der Waals surface area (Å²) in [5, 5.41) is 0. The number of nitrogens with zero attached hydrogens (tertiary/aromatic N) is 1. The van der Waals surface area contributed by atoms with Crippen LogP contribution in [0.25, 0.3) is 0 Å². The fourth-order valence-electron chi connectivity index (χ4n) is 0.456. The van der Waals surface area contributed by atoms with E-state index in [0.717, 1.165) is 4.47 Å². The van der Waals surface area contributed by atoms with Crippen LogP contribution in [-0.2, 0) is 0 Å². The zero-order chi connectivity index (χ0) is 7.98. The van der Waals surface area contributed by atoms with E-state index in [9.17, 15) is 0 Å². The van der Waals surface area contributed by atoms with E-state index in [2.05, 4.69) is 20.9 Å². The summed E-state index contributed by atoms with van der Waals surface area (Å²) in [5.41, 5.74) is 1.17. The van der Waals surface area contributed by atoms with Crippen LogP contribution in [-0.4, -0.2) is 4.98 Å². The highest BCUT2D eigenvalue weighted by molar-refractivity contribution is 9.10. The molecule has 1 heterocycles. The van der Waals surface area contributed by atoms with Gasteiger partial charge in [0.25, 0.3) is 0 Å². The number of hydrogen-bond acceptors (Lipinski definition) is 1. The maximum atomic E-state index is 3.92. The molecule has 0 radical (unpaired) electrons. The van der Waals surface area contributed by atoms with Crippen molar-refractivity contribution in [3.63, 3.8) is 0 Å². The highest BCUT2D eigenvalue weighted by Gasteiger charge is 1.87. The third-order valence-corrected chi connectivity index (χ3v) is 1.84. The van der Waals surface area contributed by atoms with Gasteiger partial charge in [-0.25, -0.2) is 0 Å². The molecule has 0 saturated heterocycles. The van der Waals surface area contributed by atoms with Crippen molar-refractivity contribution in [2.24, 2.45) is 0 Å². The van der Waals surface area contributed by atoms with Crippen molar-refractivity contribution in [1.29, 1.82) is 0 Å². The first-order valence-corrected chi connectivity index (χ1v) is 4.16. The summed E-state index contributed by atoms with van der Waals surface area (Å²) >= 11 is 3.36. The predicted molar refractivity (Wildman–Crippen MR) is 48.0 cm³/mol. The maximum Gasteiger partial charge on any atom is 0.0308 e. The van der Waals surface area contributed by atoms with E-state index < -0.39 is 0 Å². The molecule has 0 aliphatic heterocycles. The summed E-state index contributed by atoms with van der Waals surface area (Å²) in [6.07, 6.45) is 3.58. The topological polar surface area (TPSA) is 12.9 Å². The van der Waals surface area contributed by atoms with Gasteiger partial charge in [0.1, 0.15) is 0 Å². The van der Waals surface area contributed by atoms with Gasteiger partial charge in [0.2, 0.25) is 0 Å². The standard InChI is InChI=1S/C6H6BrN.C2H6/c1-5-4-8-3-2-6(5)7;1-2/h2-4H,1H3;1-2H3. The van der Waals surface area contributed by atoms with Crippen LogP contribution in [0.3, 0.4) is 0 Å². The van der Waals surface area contributed by atoms with Crippen LogP contribution in [0.4, 0.5) is 0 Å². The molecule has 1 nitrogen and oxygen atoms in total. The lowest BCUT2D eigenvalue weighted by Gasteiger charge is -1.90. The summed E-state index contributed by atoms with van der Waals surface area (Å²) < 4.78 is 1.12. The van der Waals surface area contributed by atoms with E-state index in [1.54, 1.807) is 6.20 Å². The average molecular weight is 202 g/mol. The number of aryl methyl sites for hydroxylation is 1. The molecule has 0 unspecified atom stereocenters. The van der Waals surface area contributed by atoms with Gasteiger partial charge in [0, 0.05) is 16.9 Å². The Morgan fingerprint density at radius 1 is 1.40 bits per heavy atom. The van der Waals surface area contributed by atoms with Crippen LogP contribution in [0.1, 0.15) is 19.4 Å². The lowest BCUT2D eigenvalue weighted by molar-refractivity contribution is 1.25. The Hall–Kier alpha value is -0.370. The average Bonchev–Trinajstić information content (AvgIpc) is 2.00. The summed E-state index contributed by atoms with van der Waals surface area (Å²) in [4.78, 5) is 3.92. The van der Waals surface area contributed by atoms with Crippen molar-refractivity contribution in [3.05, 3.63) is 28.5 Å². The highest BCUT2D eigenvalue weighted by atomic mass is 79.9. The van der Waals surface area contributed by atoms with E-state index in [0.29, 0.717) is 0 Å². The highest BCUT2D eigenvalue weighted by Crippen LogP contribution is 2.11. The largest absolute Gasteiger partial charge is 0.264 e. The minimum Gasteiger partial charge on any atom is -0.264 e. The summed E-state index contributed by atoms with van der Waals surface area (Å²) in [7, 11) is 0. The van der Waals surface area contributed by atoms with E-state index in [-0.39, 0.29) is 0 Å². The van der Waals surface area contributed by atoms with Gasteiger partial charge in [-0.2, -0.15) is 0 Å². The van der Waals surface area contributed by atoms with Crippen molar-refractivity contribution in [2.75, 3.05) is 0 Å². The van der Waals surface area contributed by atoms with Crippen molar-refractivity contribution >= 4 is 15.9 Å². The minimum absolute atomic E-state index is 1.12. The second-order valence-corrected chi connectivity index (χ2v) is 2.48. The summed E-state index contributed by atoms with van der Waals surface area (Å²) in [5.74, 6) is 0. The number of halogens is 1. The lowest BCUT2D eigenvalue weighted by Crippen LogP contribution is -1.74. The van der Waals surface area contributed by atoms with E-state index in [1.165, 1.54) is 5.56 Å². The first-order chi connectivity index (χ1) is 4.80. The lowest BCUT2D eigenvalue weighted by atomic mass is 10.3. The Balaban J connectivity index is 0.000000371. The smallest absolute Gasteiger partial charge is 0.0308 e. The van der Waals surface area contributed by atoms with Crippen LogP contribution in [0.5, 0.6) is 0 Å². The summed E-state index contributed by atoms with van der Waals surface area (Å²) in [6, 6.07) is 1.93.